The van der Waals surface area contributed by atoms with Gasteiger partial charge in [-0.15, -0.1) is 0 Å². The van der Waals surface area contributed by atoms with Gasteiger partial charge in [-0.05, 0) is 43.3 Å². The van der Waals surface area contributed by atoms with E-state index in [2.05, 4.69) is 4.98 Å². The van der Waals surface area contributed by atoms with Gasteiger partial charge in [0.2, 0.25) is 0 Å². The zero-order chi connectivity index (χ0) is 14.8. The van der Waals surface area contributed by atoms with E-state index in [9.17, 15) is 9.90 Å². The van der Waals surface area contributed by atoms with E-state index in [0.29, 0.717) is 17.6 Å². The van der Waals surface area contributed by atoms with Crippen molar-refractivity contribution in [3.63, 3.8) is 0 Å². The molecule has 0 saturated heterocycles. The molecule has 0 fully saturated rings. The highest BCUT2D eigenvalue weighted by atomic mass is 16.5. The van der Waals surface area contributed by atoms with Crippen LogP contribution in [0.15, 0.2) is 48.8 Å². The Morgan fingerprint density at radius 3 is 2.67 bits per heavy atom. The molecule has 21 heavy (non-hydrogen) atoms. The fraction of sp³-hybridized carbons (Fsp3) is 0.125. The number of imidazole rings is 1. The van der Waals surface area contributed by atoms with E-state index in [1.807, 2.05) is 31.2 Å². The van der Waals surface area contributed by atoms with Crippen LogP contribution in [0.1, 0.15) is 17.3 Å². The van der Waals surface area contributed by atoms with E-state index in [4.69, 9.17) is 4.74 Å². The average Bonchev–Trinajstić information content (AvgIpc) is 2.92. The van der Waals surface area contributed by atoms with Crippen molar-refractivity contribution in [3.05, 3.63) is 54.4 Å². The maximum absolute atomic E-state index is 11.4. The van der Waals surface area contributed by atoms with Crippen LogP contribution in [0.4, 0.5) is 0 Å². The summed E-state index contributed by atoms with van der Waals surface area (Å²) < 4.78 is 7.18. The Bertz CT molecular complexity index is 791. The molecule has 0 unspecified atom stereocenters. The van der Waals surface area contributed by atoms with Gasteiger partial charge >= 0.3 is 5.97 Å². The lowest BCUT2D eigenvalue weighted by Gasteiger charge is -2.08. The lowest BCUT2D eigenvalue weighted by Crippen LogP contribution is -2.01. The van der Waals surface area contributed by atoms with Gasteiger partial charge < -0.3 is 9.84 Å². The number of para-hydroxylation sites is 1. The standard InChI is InChI=1S/C16H14N2O3/c1-2-21-12-8-6-11(7-9-12)18-10-17-14-5-3-4-13(15(14)18)16(19)20/h3-10H,2H2,1H3,(H,19,20). The lowest BCUT2D eigenvalue weighted by atomic mass is 10.2. The first-order valence-electron chi connectivity index (χ1n) is 6.63. The van der Waals surface area contributed by atoms with Crippen LogP contribution in [0.3, 0.4) is 0 Å². The van der Waals surface area contributed by atoms with Crippen LogP contribution in [-0.2, 0) is 0 Å². The third-order valence-corrected chi connectivity index (χ3v) is 3.22. The van der Waals surface area contributed by atoms with Crippen molar-refractivity contribution in [1.82, 2.24) is 9.55 Å². The Morgan fingerprint density at radius 2 is 2.00 bits per heavy atom. The van der Waals surface area contributed by atoms with Gasteiger partial charge in [-0.1, -0.05) is 6.07 Å². The molecule has 0 saturated carbocycles. The molecule has 0 spiro atoms. The molecule has 0 atom stereocenters. The van der Waals surface area contributed by atoms with E-state index in [-0.39, 0.29) is 5.56 Å². The molecule has 0 aliphatic rings. The molecule has 5 nitrogen and oxygen atoms in total. The Labute approximate surface area is 121 Å². The third kappa shape index (κ3) is 2.33. The first-order chi connectivity index (χ1) is 10.2. The second-order valence-corrected chi connectivity index (χ2v) is 4.52. The fourth-order valence-corrected chi connectivity index (χ4v) is 2.30. The molecule has 1 N–H and O–H groups in total. The molecule has 5 heteroatoms. The van der Waals surface area contributed by atoms with Gasteiger partial charge in [-0.25, -0.2) is 9.78 Å². The number of aromatic nitrogens is 2. The molecule has 0 amide bonds. The quantitative estimate of drug-likeness (QED) is 0.798. The molecule has 1 aromatic heterocycles. The summed E-state index contributed by atoms with van der Waals surface area (Å²) in [6.07, 6.45) is 1.63. The Balaban J connectivity index is 2.14. The molecule has 1 heterocycles. The van der Waals surface area contributed by atoms with Crippen LogP contribution in [0.25, 0.3) is 16.7 Å². The first-order valence-corrected chi connectivity index (χ1v) is 6.63. The van der Waals surface area contributed by atoms with Crippen molar-refractivity contribution in [1.29, 1.82) is 0 Å². The van der Waals surface area contributed by atoms with Gasteiger partial charge in [0.25, 0.3) is 0 Å². The molecule has 3 aromatic rings. The Hall–Kier alpha value is -2.82. The molecule has 0 aliphatic heterocycles. The van der Waals surface area contributed by atoms with E-state index in [1.54, 1.807) is 29.1 Å². The summed E-state index contributed by atoms with van der Waals surface area (Å²) in [5.74, 6) is -0.183. The molecule has 0 radical (unpaired) electrons. The van der Waals surface area contributed by atoms with Crippen molar-refractivity contribution in [2.75, 3.05) is 6.61 Å². The summed E-state index contributed by atoms with van der Waals surface area (Å²) in [7, 11) is 0. The first kappa shape index (κ1) is 13.2. The normalized spacial score (nSPS) is 10.7. The van der Waals surface area contributed by atoms with E-state index < -0.39 is 5.97 Å². The molecular formula is C16H14N2O3. The number of rotatable bonds is 4. The number of carbonyl (C=O) groups is 1. The summed E-state index contributed by atoms with van der Waals surface area (Å²) in [4.78, 5) is 15.6. The van der Waals surface area contributed by atoms with Crippen LogP contribution in [0, 0.1) is 0 Å². The van der Waals surface area contributed by atoms with Gasteiger partial charge in [0.1, 0.15) is 12.1 Å². The van der Waals surface area contributed by atoms with Crippen LogP contribution in [0.5, 0.6) is 5.75 Å². The number of benzene rings is 2. The summed E-state index contributed by atoms with van der Waals surface area (Å²) in [5.41, 5.74) is 2.33. The smallest absolute Gasteiger partial charge is 0.337 e. The van der Waals surface area contributed by atoms with Crippen LogP contribution in [0.2, 0.25) is 0 Å². The summed E-state index contributed by atoms with van der Waals surface area (Å²) >= 11 is 0. The van der Waals surface area contributed by atoms with E-state index in [1.165, 1.54) is 0 Å². The van der Waals surface area contributed by atoms with Gasteiger partial charge in [0.05, 0.1) is 23.2 Å². The monoisotopic (exact) mass is 282 g/mol. The lowest BCUT2D eigenvalue weighted by molar-refractivity contribution is 0.0698. The summed E-state index contributed by atoms with van der Waals surface area (Å²) in [6.45, 7) is 2.53. The number of hydrogen-bond donors (Lipinski definition) is 1. The molecule has 2 aromatic carbocycles. The van der Waals surface area contributed by atoms with Crippen molar-refractivity contribution in [3.8, 4) is 11.4 Å². The molecule has 3 rings (SSSR count). The van der Waals surface area contributed by atoms with Gasteiger partial charge in [-0.2, -0.15) is 0 Å². The van der Waals surface area contributed by atoms with E-state index in [0.717, 1.165) is 11.4 Å². The largest absolute Gasteiger partial charge is 0.494 e. The minimum absolute atomic E-state index is 0.235. The van der Waals surface area contributed by atoms with Gasteiger partial charge in [0.15, 0.2) is 0 Å². The minimum atomic E-state index is -0.965. The fourth-order valence-electron chi connectivity index (χ4n) is 2.30. The number of fused-ring (bicyclic) bond motifs is 1. The number of hydrogen-bond acceptors (Lipinski definition) is 3. The number of carboxylic acid groups (broad SMARTS) is 1. The van der Waals surface area contributed by atoms with Gasteiger partial charge in [-0.3, -0.25) is 4.57 Å². The van der Waals surface area contributed by atoms with Crippen LogP contribution < -0.4 is 4.74 Å². The number of aromatic carboxylic acids is 1. The number of ether oxygens (including phenoxy) is 1. The Morgan fingerprint density at radius 1 is 1.24 bits per heavy atom. The Kier molecular flexibility index (Phi) is 3.31. The van der Waals surface area contributed by atoms with Crippen molar-refractivity contribution in [2.24, 2.45) is 0 Å². The molecule has 0 aliphatic carbocycles. The zero-order valence-electron chi connectivity index (χ0n) is 11.5. The van der Waals surface area contributed by atoms with Gasteiger partial charge in [0, 0.05) is 5.69 Å². The second kappa shape index (κ2) is 5.28. The van der Waals surface area contributed by atoms with Crippen molar-refractivity contribution < 1.29 is 14.6 Å². The van der Waals surface area contributed by atoms with Crippen molar-refractivity contribution >= 4 is 17.0 Å². The highest BCUT2D eigenvalue weighted by molar-refractivity contribution is 6.01. The topological polar surface area (TPSA) is 64.4 Å². The van der Waals surface area contributed by atoms with E-state index >= 15 is 0 Å². The molecule has 0 bridgehead atoms. The SMILES string of the molecule is CCOc1ccc(-n2cnc3cccc(C(=O)O)c32)cc1. The molecule has 106 valence electrons. The highest BCUT2D eigenvalue weighted by Gasteiger charge is 2.14. The van der Waals surface area contributed by atoms with Crippen LogP contribution in [-0.4, -0.2) is 27.2 Å². The maximum Gasteiger partial charge on any atom is 0.337 e. The molecular weight excluding hydrogens is 268 g/mol. The summed E-state index contributed by atoms with van der Waals surface area (Å²) in [5, 5.41) is 9.33. The predicted molar refractivity (Wildman–Crippen MR) is 79.2 cm³/mol. The maximum atomic E-state index is 11.4. The average molecular weight is 282 g/mol. The third-order valence-electron chi connectivity index (χ3n) is 3.22. The zero-order valence-corrected chi connectivity index (χ0v) is 11.5. The summed E-state index contributed by atoms with van der Waals surface area (Å²) in [6, 6.07) is 12.5. The number of carboxylic acids is 1. The minimum Gasteiger partial charge on any atom is -0.494 e. The van der Waals surface area contributed by atoms with Crippen molar-refractivity contribution in [2.45, 2.75) is 6.92 Å². The van der Waals surface area contributed by atoms with Crippen LogP contribution >= 0.6 is 0 Å². The predicted octanol–water partition coefficient (Wildman–Crippen LogP) is 3.12. The highest BCUT2D eigenvalue weighted by Crippen LogP contribution is 2.23. The number of nitrogens with zero attached hydrogens (tertiary/aromatic N) is 2. The second-order valence-electron chi connectivity index (χ2n) is 4.52.